The third-order valence-corrected chi connectivity index (χ3v) is 3.47. The van der Waals surface area contributed by atoms with Crippen molar-refractivity contribution in [3.63, 3.8) is 0 Å². The Labute approximate surface area is 134 Å². The lowest BCUT2D eigenvalue weighted by molar-refractivity contribution is 0.164. The molecule has 2 aromatic heterocycles. The van der Waals surface area contributed by atoms with Crippen molar-refractivity contribution in [3.05, 3.63) is 34.1 Å². The van der Waals surface area contributed by atoms with Gasteiger partial charge in [0.1, 0.15) is 11.6 Å². The zero-order chi connectivity index (χ0) is 16.5. The lowest BCUT2D eigenvalue weighted by atomic mass is 10.1. The number of H-pyrrole nitrogens is 2. The number of amidine groups is 1. The molecule has 1 aromatic carbocycles. The molecule has 0 unspecified atom stereocenters. The van der Waals surface area contributed by atoms with E-state index in [0.29, 0.717) is 42.0 Å². The highest BCUT2D eigenvalue weighted by Gasteiger charge is 2.16. The SMILES string of the molecule is CCOc1cc(C2=NOCN2)ccc1-c1nc2[nH]nnc2c(=O)[nH]1. The third kappa shape index (κ3) is 2.33. The molecule has 0 atom stereocenters. The van der Waals surface area contributed by atoms with Crippen LogP contribution in [0.25, 0.3) is 22.6 Å². The molecule has 0 fully saturated rings. The molecule has 1 aliphatic rings. The minimum absolute atomic E-state index is 0.162. The van der Waals surface area contributed by atoms with Gasteiger partial charge < -0.3 is 19.9 Å². The molecule has 10 nitrogen and oxygen atoms in total. The average molecular weight is 327 g/mol. The van der Waals surface area contributed by atoms with Crippen LogP contribution >= 0.6 is 0 Å². The zero-order valence-electron chi connectivity index (χ0n) is 12.7. The molecule has 0 saturated heterocycles. The second kappa shape index (κ2) is 5.65. The number of rotatable bonds is 4. The fourth-order valence-electron chi connectivity index (χ4n) is 2.41. The van der Waals surface area contributed by atoms with Crippen molar-refractivity contribution in [2.75, 3.05) is 13.3 Å². The van der Waals surface area contributed by atoms with Crippen LogP contribution in [0.4, 0.5) is 0 Å². The number of oxime groups is 1. The molecule has 0 bridgehead atoms. The lowest BCUT2D eigenvalue weighted by Gasteiger charge is -2.11. The molecule has 3 N–H and O–H groups in total. The predicted molar refractivity (Wildman–Crippen MR) is 84.5 cm³/mol. The molecule has 3 aromatic rings. The van der Waals surface area contributed by atoms with E-state index in [0.717, 1.165) is 5.56 Å². The van der Waals surface area contributed by atoms with E-state index < -0.39 is 0 Å². The number of benzene rings is 1. The van der Waals surface area contributed by atoms with Gasteiger partial charge >= 0.3 is 0 Å². The van der Waals surface area contributed by atoms with Crippen LogP contribution in [-0.4, -0.2) is 44.6 Å². The number of aromatic amines is 2. The van der Waals surface area contributed by atoms with E-state index >= 15 is 0 Å². The third-order valence-electron chi connectivity index (χ3n) is 3.47. The Bertz CT molecular complexity index is 991. The van der Waals surface area contributed by atoms with Gasteiger partial charge in [0.25, 0.3) is 5.56 Å². The number of hydrogen-bond acceptors (Lipinski definition) is 8. The molecule has 4 rings (SSSR count). The van der Waals surface area contributed by atoms with Gasteiger partial charge in [0.15, 0.2) is 23.7 Å². The van der Waals surface area contributed by atoms with E-state index in [1.54, 1.807) is 6.07 Å². The maximum absolute atomic E-state index is 12.1. The number of nitrogens with zero attached hydrogens (tertiary/aromatic N) is 4. The fraction of sp³-hybridized carbons (Fsp3) is 0.214. The smallest absolute Gasteiger partial charge is 0.281 e. The van der Waals surface area contributed by atoms with Crippen molar-refractivity contribution in [2.45, 2.75) is 6.92 Å². The molecule has 24 heavy (non-hydrogen) atoms. The van der Waals surface area contributed by atoms with Gasteiger partial charge in [-0.3, -0.25) is 4.79 Å². The highest BCUT2D eigenvalue weighted by atomic mass is 16.6. The van der Waals surface area contributed by atoms with Gasteiger partial charge in [-0.1, -0.05) is 16.4 Å². The molecule has 0 radical (unpaired) electrons. The average Bonchev–Trinajstić information content (AvgIpc) is 3.27. The van der Waals surface area contributed by atoms with Crippen LogP contribution in [0.2, 0.25) is 0 Å². The number of fused-ring (bicyclic) bond motifs is 1. The zero-order valence-corrected chi connectivity index (χ0v) is 12.7. The summed E-state index contributed by atoms with van der Waals surface area (Å²) in [7, 11) is 0. The van der Waals surface area contributed by atoms with Gasteiger partial charge in [0.05, 0.1) is 12.2 Å². The number of hydrogen-bond donors (Lipinski definition) is 3. The monoisotopic (exact) mass is 327 g/mol. The van der Waals surface area contributed by atoms with Gasteiger partial charge in [-0.2, -0.15) is 0 Å². The van der Waals surface area contributed by atoms with Crippen molar-refractivity contribution in [3.8, 4) is 17.1 Å². The second-order valence-corrected chi connectivity index (χ2v) is 4.96. The normalized spacial score (nSPS) is 13.5. The van der Waals surface area contributed by atoms with Crippen LogP contribution in [0.3, 0.4) is 0 Å². The van der Waals surface area contributed by atoms with E-state index in [2.05, 4.69) is 35.9 Å². The first-order valence-electron chi connectivity index (χ1n) is 7.28. The van der Waals surface area contributed by atoms with Crippen LogP contribution in [-0.2, 0) is 4.84 Å². The summed E-state index contributed by atoms with van der Waals surface area (Å²) in [6.45, 7) is 2.67. The summed E-state index contributed by atoms with van der Waals surface area (Å²) in [4.78, 5) is 24.1. The van der Waals surface area contributed by atoms with Crippen molar-refractivity contribution in [2.24, 2.45) is 5.16 Å². The van der Waals surface area contributed by atoms with Crippen molar-refractivity contribution in [1.29, 1.82) is 0 Å². The van der Waals surface area contributed by atoms with Crippen LogP contribution in [0.15, 0.2) is 28.1 Å². The molecule has 3 heterocycles. The number of ether oxygens (including phenoxy) is 1. The fourth-order valence-corrected chi connectivity index (χ4v) is 2.41. The van der Waals surface area contributed by atoms with Gasteiger partial charge in [-0.25, -0.2) is 10.1 Å². The molecular formula is C14H13N7O3. The molecule has 0 amide bonds. The van der Waals surface area contributed by atoms with Crippen LogP contribution in [0, 0.1) is 0 Å². The molecule has 0 spiro atoms. The van der Waals surface area contributed by atoms with E-state index in [4.69, 9.17) is 9.57 Å². The Morgan fingerprint density at radius 1 is 1.38 bits per heavy atom. The first kappa shape index (κ1) is 14.2. The molecule has 122 valence electrons. The first-order chi connectivity index (χ1) is 11.8. The lowest BCUT2D eigenvalue weighted by Crippen LogP contribution is -2.19. The van der Waals surface area contributed by atoms with Gasteiger partial charge in [-0.15, -0.1) is 5.10 Å². The van der Waals surface area contributed by atoms with E-state index in [-0.39, 0.29) is 11.1 Å². The van der Waals surface area contributed by atoms with Crippen molar-refractivity contribution < 1.29 is 9.57 Å². The standard InChI is InChI=1S/C14H13N7O3/c1-2-23-9-5-7(11-15-6-24-20-11)3-4-8(9)12-16-13-10(14(22)17-12)18-21-19-13/h3-5H,2,6H2,1H3,(H,15,20)(H2,16,17,18,19,21,22). The van der Waals surface area contributed by atoms with E-state index in [1.165, 1.54) is 0 Å². The highest BCUT2D eigenvalue weighted by molar-refractivity contribution is 5.99. The highest BCUT2D eigenvalue weighted by Crippen LogP contribution is 2.29. The summed E-state index contributed by atoms with van der Waals surface area (Å²) >= 11 is 0. The van der Waals surface area contributed by atoms with Gasteiger partial charge in [-0.05, 0) is 19.1 Å². The summed E-state index contributed by atoms with van der Waals surface area (Å²) in [6, 6.07) is 5.46. The van der Waals surface area contributed by atoms with Crippen molar-refractivity contribution >= 4 is 17.0 Å². The van der Waals surface area contributed by atoms with Crippen molar-refractivity contribution in [1.82, 2.24) is 30.7 Å². The Morgan fingerprint density at radius 2 is 2.29 bits per heavy atom. The van der Waals surface area contributed by atoms with Crippen LogP contribution in [0.5, 0.6) is 5.75 Å². The largest absolute Gasteiger partial charge is 0.493 e. The topological polar surface area (TPSA) is 130 Å². The Kier molecular flexibility index (Phi) is 3.34. The van der Waals surface area contributed by atoms with Gasteiger partial charge in [0.2, 0.25) is 0 Å². The molecular weight excluding hydrogens is 314 g/mol. The summed E-state index contributed by atoms with van der Waals surface area (Å²) in [5, 5.41) is 16.8. The first-order valence-corrected chi connectivity index (χ1v) is 7.28. The maximum Gasteiger partial charge on any atom is 0.281 e. The minimum atomic E-state index is -0.370. The van der Waals surface area contributed by atoms with E-state index in [9.17, 15) is 4.79 Å². The quantitative estimate of drug-likeness (QED) is 0.630. The molecule has 1 aliphatic heterocycles. The Hall–Kier alpha value is -3.43. The second-order valence-electron chi connectivity index (χ2n) is 4.96. The maximum atomic E-state index is 12.1. The van der Waals surface area contributed by atoms with Crippen LogP contribution in [0.1, 0.15) is 12.5 Å². The van der Waals surface area contributed by atoms with Gasteiger partial charge in [0, 0.05) is 5.56 Å². The predicted octanol–water partition coefficient (Wildman–Crippen LogP) is 0.346. The van der Waals surface area contributed by atoms with E-state index in [1.807, 2.05) is 19.1 Å². The number of nitrogens with one attached hydrogen (secondary N) is 3. The summed E-state index contributed by atoms with van der Waals surface area (Å²) in [5.41, 5.74) is 1.57. The number of aromatic nitrogens is 5. The summed E-state index contributed by atoms with van der Waals surface area (Å²) in [5.74, 6) is 1.56. The molecule has 0 aliphatic carbocycles. The molecule has 0 saturated carbocycles. The summed E-state index contributed by atoms with van der Waals surface area (Å²) in [6.07, 6.45) is 0. The Morgan fingerprint density at radius 3 is 3.08 bits per heavy atom. The minimum Gasteiger partial charge on any atom is -0.493 e. The summed E-state index contributed by atoms with van der Waals surface area (Å²) < 4.78 is 5.70. The Balaban J connectivity index is 1.84. The molecule has 10 heteroatoms. The van der Waals surface area contributed by atoms with Crippen LogP contribution < -0.4 is 15.6 Å².